The Labute approximate surface area is 127 Å². The van der Waals surface area contributed by atoms with Gasteiger partial charge in [-0.25, -0.2) is 4.68 Å². The molecular weight excluding hydrogens is 320 g/mol. The smallest absolute Gasteiger partial charge is 0.283 e. The third-order valence-electron chi connectivity index (χ3n) is 4.23. The van der Waals surface area contributed by atoms with Crippen molar-refractivity contribution in [3.05, 3.63) is 21.0 Å². The molecule has 0 radical (unpaired) electrons. The Kier molecular flexibility index (Phi) is 3.86. The van der Waals surface area contributed by atoms with E-state index in [0.717, 1.165) is 31.9 Å². The Morgan fingerprint density at radius 2 is 2.05 bits per heavy atom. The minimum absolute atomic E-state index is 0.0219. The summed E-state index contributed by atoms with van der Waals surface area (Å²) >= 11 is 3.48. The monoisotopic (exact) mass is 340 g/mol. The number of nitrogens with one attached hydrogen (secondary N) is 1. The van der Waals surface area contributed by atoms with Gasteiger partial charge in [-0.2, -0.15) is 5.10 Å². The predicted molar refractivity (Wildman–Crippen MR) is 83.1 cm³/mol. The lowest BCUT2D eigenvalue weighted by molar-refractivity contribution is 0.462. The van der Waals surface area contributed by atoms with Gasteiger partial charge in [0, 0.05) is 32.7 Å². The number of fused-ring (bicyclic) bond motifs is 1. The van der Waals surface area contributed by atoms with Crippen molar-refractivity contribution in [1.29, 1.82) is 0 Å². The molecule has 2 fully saturated rings. The number of halogens is 1. The van der Waals surface area contributed by atoms with E-state index in [1.165, 1.54) is 0 Å². The fraction of sp³-hybridized carbons (Fsp3) is 0.714. The summed E-state index contributed by atoms with van der Waals surface area (Å²) < 4.78 is 2.21. The lowest BCUT2D eigenvalue weighted by atomic mass is 10.0. The van der Waals surface area contributed by atoms with E-state index in [2.05, 4.69) is 45.1 Å². The minimum atomic E-state index is -0.0219. The first kappa shape index (κ1) is 14.1. The van der Waals surface area contributed by atoms with E-state index >= 15 is 0 Å². The van der Waals surface area contributed by atoms with Gasteiger partial charge in [0.1, 0.15) is 4.47 Å². The third-order valence-corrected chi connectivity index (χ3v) is 4.98. The zero-order chi connectivity index (χ0) is 14.3. The molecule has 2 saturated heterocycles. The molecule has 3 rings (SSSR count). The van der Waals surface area contributed by atoms with Crippen LogP contribution in [-0.4, -0.2) is 36.0 Å². The maximum absolute atomic E-state index is 12.3. The number of aromatic nitrogens is 2. The average molecular weight is 341 g/mol. The van der Waals surface area contributed by atoms with Gasteiger partial charge in [0.2, 0.25) is 0 Å². The molecule has 1 aromatic heterocycles. The highest BCUT2D eigenvalue weighted by atomic mass is 79.9. The Bertz CT molecular complexity index is 545. The zero-order valence-corrected chi connectivity index (χ0v) is 13.6. The fourth-order valence-corrected chi connectivity index (χ4v) is 3.76. The standard InChI is InChI=1S/C14H21BrN4O/c1-9(2)6-19-14(20)13(15)12(5-17-19)18-7-10-3-16-4-11(10)8-18/h5,9-11,16H,3-4,6-8H2,1-2H3. The second kappa shape index (κ2) is 5.48. The summed E-state index contributed by atoms with van der Waals surface area (Å²) in [5.41, 5.74) is 0.927. The van der Waals surface area contributed by atoms with Crippen molar-refractivity contribution < 1.29 is 0 Å². The van der Waals surface area contributed by atoms with Crippen LogP contribution in [0, 0.1) is 17.8 Å². The normalized spacial score (nSPS) is 25.5. The number of hydrogen-bond acceptors (Lipinski definition) is 4. The first-order valence-corrected chi connectivity index (χ1v) is 8.07. The fourth-order valence-electron chi connectivity index (χ4n) is 3.20. The molecule has 2 aliphatic heterocycles. The first-order chi connectivity index (χ1) is 9.56. The predicted octanol–water partition coefficient (Wildman–Crippen LogP) is 1.32. The molecule has 0 bridgehead atoms. The van der Waals surface area contributed by atoms with Crippen molar-refractivity contribution in [2.75, 3.05) is 31.1 Å². The molecule has 6 heteroatoms. The Morgan fingerprint density at radius 3 is 2.65 bits per heavy atom. The van der Waals surface area contributed by atoms with E-state index < -0.39 is 0 Å². The molecule has 110 valence electrons. The van der Waals surface area contributed by atoms with Crippen molar-refractivity contribution in [3.63, 3.8) is 0 Å². The minimum Gasteiger partial charge on any atom is -0.368 e. The van der Waals surface area contributed by atoms with Crippen LogP contribution in [0.2, 0.25) is 0 Å². The second-order valence-electron chi connectivity index (χ2n) is 6.31. The van der Waals surface area contributed by atoms with Crippen LogP contribution in [0.15, 0.2) is 15.5 Å². The van der Waals surface area contributed by atoms with E-state index in [0.29, 0.717) is 28.8 Å². The maximum Gasteiger partial charge on any atom is 0.283 e. The van der Waals surface area contributed by atoms with Crippen LogP contribution >= 0.6 is 15.9 Å². The maximum atomic E-state index is 12.3. The van der Waals surface area contributed by atoms with Gasteiger partial charge < -0.3 is 10.2 Å². The lowest BCUT2D eigenvalue weighted by Crippen LogP contribution is -2.31. The van der Waals surface area contributed by atoms with Gasteiger partial charge in [-0.05, 0) is 33.7 Å². The molecule has 2 aliphatic rings. The lowest BCUT2D eigenvalue weighted by Gasteiger charge is -2.21. The van der Waals surface area contributed by atoms with Crippen LogP contribution in [0.4, 0.5) is 5.69 Å². The van der Waals surface area contributed by atoms with Gasteiger partial charge in [0.15, 0.2) is 0 Å². The van der Waals surface area contributed by atoms with Crippen LogP contribution in [0.3, 0.4) is 0 Å². The molecule has 0 aliphatic carbocycles. The van der Waals surface area contributed by atoms with Gasteiger partial charge in [-0.15, -0.1) is 0 Å². The number of nitrogens with zero attached hydrogens (tertiary/aromatic N) is 3. The van der Waals surface area contributed by atoms with Crippen LogP contribution < -0.4 is 15.8 Å². The second-order valence-corrected chi connectivity index (χ2v) is 7.10. The summed E-state index contributed by atoms with van der Waals surface area (Å²) in [4.78, 5) is 14.6. The van der Waals surface area contributed by atoms with Gasteiger partial charge in [0.25, 0.3) is 5.56 Å². The molecule has 2 atom stereocenters. The molecule has 0 aromatic carbocycles. The highest BCUT2D eigenvalue weighted by Gasteiger charge is 2.37. The average Bonchev–Trinajstić information content (AvgIpc) is 2.95. The van der Waals surface area contributed by atoms with E-state index in [1.54, 1.807) is 4.68 Å². The Morgan fingerprint density at radius 1 is 1.40 bits per heavy atom. The highest BCUT2D eigenvalue weighted by molar-refractivity contribution is 9.10. The van der Waals surface area contributed by atoms with Crippen molar-refractivity contribution in [2.24, 2.45) is 17.8 Å². The molecule has 3 heterocycles. The molecule has 0 amide bonds. The Hall–Kier alpha value is -0.880. The van der Waals surface area contributed by atoms with Crippen LogP contribution in [0.5, 0.6) is 0 Å². The largest absolute Gasteiger partial charge is 0.368 e. The quantitative estimate of drug-likeness (QED) is 0.901. The summed E-state index contributed by atoms with van der Waals surface area (Å²) in [5, 5.41) is 7.77. The zero-order valence-electron chi connectivity index (χ0n) is 12.0. The van der Waals surface area contributed by atoms with Crippen molar-refractivity contribution >= 4 is 21.6 Å². The van der Waals surface area contributed by atoms with Crippen molar-refractivity contribution in [2.45, 2.75) is 20.4 Å². The molecule has 20 heavy (non-hydrogen) atoms. The van der Waals surface area contributed by atoms with Gasteiger partial charge in [0.05, 0.1) is 11.9 Å². The molecule has 1 N–H and O–H groups in total. The third kappa shape index (κ3) is 2.51. The number of anilines is 1. The summed E-state index contributed by atoms with van der Waals surface area (Å²) in [6.45, 7) is 9.06. The van der Waals surface area contributed by atoms with E-state index in [9.17, 15) is 4.79 Å². The first-order valence-electron chi connectivity index (χ1n) is 7.27. The van der Waals surface area contributed by atoms with Gasteiger partial charge in [-0.3, -0.25) is 4.79 Å². The molecule has 0 saturated carbocycles. The topological polar surface area (TPSA) is 50.2 Å². The van der Waals surface area contributed by atoms with Crippen LogP contribution in [0.25, 0.3) is 0 Å². The molecule has 1 aromatic rings. The van der Waals surface area contributed by atoms with Crippen molar-refractivity contribution in [1.82, 2.24) is 15.1 Å². The summed E-state index contributed by atoms with van der Waals surface area (Å²) in [6, 6.07) is 0. The van der Waals surface area contributed by atoms with Gasteiger partial charge >= 0.3 is 0 Å². The SMILES string of the molecule is CC(C)Cn1ncc(N2CC3CNCC3C2)c(Br)c1=O. The summed E-state index contributed by atoms with van der Waals surface area (Å²) in [6.07, 6.45) is 1.84. The molecule has 2 unspecified atom stereocenters. The molecular formula is C14H21BrN4O. The molecule has 0 spiro atoms. The highest BCUT2D eigenvalue weighted by Crippen LogP contribution is 2.32. The summed E-state index contributed by atoms with van der Waals surface area (Å²) in [7, 11) is 0. The number of hydrogen-bond donors (Lipinski definition) is 1. The van der Waals surface area contributed by atoms with E-state index in [1.807, 2.05) is 6.20 Å². The van der Waals surface area contributed by atoms with E-state index in [4.69, 9.17) is 0 Å². The number of rotatable bonds is 3. The van der Waals surface area contributed by atoms with Gasteiger partial charge in [-0.1, -0.05) is 13.8 Å². The van der Waals surface area contributed by atoms with Crippen LogP contribution in [0.1, 0.15) is 13.8 Å². The van der Waals surface area contributed by atoms with E-state index in [-0.39, 0.29) is 5.56 Å². The van der Waals surface area contributed by atoms with Crippen LogP contribution in [-0.2, 0) is 6.54 Å². The van der Waals surface area contributed by atoms with Crippen molar-refractivity contribution in [3.8, 4) is 0 Å². The summed E-state index contributed by atoms with van der Waals surface area (Å²) in [5.74, 6) is 1.83. The molecule has 5 nitrogen and oxygen atoms in total. The Balaban J connectivity index is 1.84.